The third-order valence-electron chi connectivity index (χ3n) is 5.21. The SMILES string of the molecule is CC(=O)NCCOC(=O)[C@H](CO)N(CC(C)C)C(=O)N[C@@H](Cc1ccc2ccccc2c1)C(=O)O. The molecule has 0 saturated heterocycles. The van der Waals surface area contributed by atoms with Crippen molar-refractivity contribution in [3.05, 3.63) is 48.0 Å². The summed E-state index contributed by atoms with van der Waals surface area (Å²) in [6.45, 7) is 4.29. The minimum atomic E-state index is -1.33. The molecule has 0 heterocycles. The predicted molar refractivity (Wildman–Crippen MR) is 130 cm³/mol. The Balaban J connectivity index is 2.14. The number of carbonyl (C=O) groups excluding carboxylic acids is 3. The van der Waals surface area contributed by atoms with Crippen molar-refractivity contribution in [3.8, 4) is 0 Å². The van der Waals surface area contributed by atoms with Gasteiger partial charge in [0.05, 0.1) is 13.2 Å². The number of carbonyl (C=O) groups is 4. The highest BCUT2D eigenvalue weighted by molar-refractivity contribution is 5.87. The second-order valence-corrected chi connectivity index (χ2v) is 8.62. The molecule has 0 aromatic heterocycles. The van der Waals surface area contributed by atoms with E-state index in [9.17, 15) is 29.4 Å². The minimum absolute atomic E-state index is 0.0341. The molecule has 190 valence electrons. The summed E-state index contributed by atoms with van der Waals surface area (Å²) in [6, 6.07) is 9.83. The number of aliphatic carboxylic acids is 1. The number of benzene rings is 2. The maximum Gasteiger partial charge on any atom is 0.331 e. The van der Waals surface area contributed by atoms with E-state index in [-0.39, 0.29) is 37.9 Å². The van der Waals surface area contributed by atoms with Gasteiger partial charge in [-0.1, -0.05) is 56.3 Å². The van der Waals surface area contributed by atoms with Gasteiger partial charge in [-0.25, -0.2) is 14.4 Å². The van der Waals surface area contributed by atoms with Gasteiger partial charge in [-0.15, -0.1) is 0 Å². The average molecular weight is 488 g/mol. The van der Waals surface area contributed by atoms with Crippen LogP contribution in [0.2, 0.25) is 0 Å². The summed E-state index contributed by atoms with van der Waals surface area (Å²) >= 11 is 0. The molecule has 3 amide bonds. The Morgan fingerprint density at radius 2 is 1.74 bits per heavy atom. The Morgan fingerprint density at radius 1 is 1.06 bits per heavy atom. The number of aliphatic hydroxyl groups is 1. The van der Waals surface area contributed by atoms with Gasteiger partial charge in [0.1, 0.15) is 12.6 Å². The van der Waals surface area contributed by atoms with Crippen molar-refractivity contribution < 1.29 is 34.1 Å². The summed E-state index contributed by atoms with van der Waals surface area (Å²) in [6.07, 6.45) is 0.0341. The number of hydrogen-bond donors (Lipinski definition) is 4. The van der Waals surface area contributed by atoms with Gasteiger partial charge in [0.25, 0.3) is 0 Å². The van der Waals surface area contributed by atoms with E-state index in [0.29, 0.717) is 0 Å². The first-order valence-electron chi connectivity index (χ1n) is 11.4. The number of aliphatic hydroxyl groups excluding tert-OH is 1. The molecule has 4 N–H and O–H groups in total. The molecule has 35 heavy (non-hydrogen) atoms. The van der Waals surface area contributed by atoms with Crippen LogP contribution in [0.4, 0.5) is 4.79 Å². The molecule has 0 unspecified atom stereocenters. The molecular formula is C25H33N3O7. The number of nitrogens with zero attached hydrogens (tertiary/aromatic N) is 1. The molecule has 0 aliphatic heterocycles. The van der Waals surface area contributed by atoms with Crippen LogP contribution in [0.15, 0.2) is 42.5 Å². The van der Waals surface area contributed by atoms with E-state index in [1.165, 1.54) is 6.92 Å². The van der Waals surface area contributed by atoms with Crippen LogP contribution in [0.5, 0.6) is 0 Å². The first kappa shape index (κ1) is 27.6. The number of ether oxygens (including phenoxy) is 1. The number of urea groups is 1. The van der Waals surface area contributed by atoms with Crippen molar-refractivity contribution >= 4 is 34.6 Å². The first-order valence-corrected chi connectivity index (χ1v) is 11.4. The fourth-order valence-electron chi connectivity index (χ4n) is 3.55. The van der Waals surface area contributed by atoms with Crippen LogP contribution >= 0.6 is 0 Å². The monoisotopic (exact) mass is 487 g/mol. The van der Waals surface area contributed by atoms with Gasteiger partial charge >= 0.3 is 18.0 Å². The van der Waals surface area contributed by atoms with Crippen LogP contribution in [-0.4, -0.2) is 77.4 Å². The molecule has 2 atom stereocenters. The molecule has 0 aliphatic carbocycles. The largest absolute Gasteiger partial charge is 0.480 e. The number of hydrogen-bond acceptors (Lipinski definition) is 6. The van der Waals surface area contributed by atoms with Gasteiger partial charge in [0, 0.05) is 19.9 Å². The summed E-state index contributed by atoms with van der Waals surface area (Å²) in [5, 5.41) is 26.5. The maximum atomic E-state index is 13.1. The average Bonchev–Trinajstić information content (AvgIpc) is 2.80. The van der Waals surface area contributed by atoms with Crippen LogP contribution in [0.25, 0.3) is 10.8 Å². The van der Waals surface area contributed by atoms with E-state index in [1.54, 1.807) is 6.07 Å². The van der Waals surface area contributed by atoms with Gasteiger partial charge < -0.3 is 30.5 Å². The third kappa shape index (κ3) is 8.56. The smallest absolute Gasteiger partial charge is 0.331 e. The fourth-order valence-corrected chi connectivity index (χ4v) is 3.55. The molecule has 0 saturated carbocycles. The number of nitrogens with one attached hydrogen (secondary N) is 2. The fraction of sp³-hybridized carbons (Fsp3) is 0.440. The Kier molecular flexibility index (Phi) is 10.5. The molecular weight excluding hydrogens is 454 g/mol. The Morgan fingerprint density at radius 3 is 2.34 bits per heavy atom. The molecule has 0 radical (unpaired) electrons. The van der Waals surface area contributed by atoms with E-state index in [1.807, 2.05) is 50.2 Å². The molecule has 2 aromatic rings. The number of amides is 3. The van der Waals surface area contributed by atoms with Crippen molar-refractivity contribution in [2.45, 2.75) is 39.3 Å². The second-order valence-electron chi connectivity index (χ2n) is 8.62. The van der Waals surface area contributed by atoms with Crippen LogP contribution in [0, 0.1) is 5.92 Å². The molecule has 10 heteroatoms. The van der Waals surface area contributed by atoms with E-state index >= 15 is 0 Å². The lowest BCUT2D eigenvalue weighted by Crippen LogP contribution is -2.56. The van der Waals surface area contributed by atoms with Crippen molar-refractivity contribution in [1.29, 1.82) is 0 Å². The Bertz CT molecular complexity index is 1040. The van der Waals surface area contributed by atoms with E-state index < -0.39 is 36.7 Å². The summed E-state index contributed by atoms with van der Waals surface area (Å²) < 4.78 is 5.10. The normalized spacial score (nSPS) is 12.6. The molecule has 0 fully saturated rings. The van der Waals surface area contributed by atoms with Gasteiger partial charge in [-0.3, -0.25) is 4.79 Å². The van der Waals surface area contributed by atoms with Crippen molar-refractivity contribution in [2.75, 3.05) is 26.3 Å². The van der Waals surface area contributed by atoms with Gasteiger partial charge in [0.2, 0.25) is 5.91 Å². The zero-order valence-electron chi connectivity index (χ0n) is 20.2. The summed E-state index contributed by atoms with van der Waals surface area (Å²) in [5.74, 6) is -2.44. The van der Waals surface area contributed by atoms with Crippen molar-refractivity contribution in [3.63, 3.8) is 0 Å². The third-order valence-corrected chi connectivity index (χ3v) is 5.21. The molecule has 0 bridgehead atoms. The van der Waals surface area contributed by atoms with Gasteiger partial charge in [0.15, 0.2) is 6.04 Å². The van der Waals surface area contributed by atoms with Gasteiger partial charge in [-0.2, -0.15) is 0 Å². The van der Waals surface area contributed by atoms with Crippen molar-refractivity contribution in [2.24, 2.45) is 5.92 Å². The van der Waals surface area contributed by atoms with E-state index in [4.69, 9.17) is 4.74 Å². The predicted octanol–water partition coefficient (Wildman–Crippen LogP) is 1.54. The first-order chi connectivity index (χ1) is 16.6. The molecule has 0 spiro atoms. The lowest BCUT2D eigenvalue weighted by Gasteiger charge is -2.31. The van der Waals surface area contributed by atoms with Gasteiger partial charge in [-0.05, 0) is 22.3 Å². The molecule has 2 rings (SSSR count). The minimum Gasteiger partial charge on any atom is -0.480 e. The summed E-state index contributed by atoms with van der Waals surface area (Å²) in [7, 11) is 0. The zero-order chi connectivity index (χ0) is 26.0. The standard InChI is InChI=1S/C25H33N3O7/c1-16(2)14-28(22(15-29)24(33)35-11-10-26-17(3)30)25(34)27-21(23(31)32)13-18-8-9-19-6-4-5-7-20(19)12-18/h4-9,12,16,21-22,29H,10-11,13-15H2,1-3H3,(H,26,30)(H,27,34)(H,31,32)/t21-,22-/m0/s1. The maximum absolute atomic E-state index is 13.1. The molecule has 0 aliphatic rings. The lowest BCUT2D eigenvalue weighted by molar-refractivity contribution is -0.150. The summed E-state index contributed by atoms with van der Waals surface area (Å²) in [4.78, 5) is 49.6. The van der Waals surface area contributed by atoms with Crippen LogP contribution < -0.4 is 10.6 Å². The second kappa shape index (κ2) is 13.3. The van der Waals surface area contributed by atoms with Crippen LogP contribution in [-0.2, 0) is 25.5 Å². The Labute approximate surface area is 204 Å². The highest BCUT2D eigenvalue weighted by atomic mass is 16.5. The van der Waals surface area contributed by atoms with Crippen LogP contribution in [0.3, 0.4) is 0 Å². The molecule has 10 nitrogen and oxygen atoms in total. The molecule has 2 aromatic carbocycles. The van der Waals surface area contributed by atoms with Crippen LogP contribution in [0.1, 0.15) is 26.3 Å². The van der Waals surface area contributed by atoms with E-state index in [2.05, 4.69) is 10.6 Å². The quantitative estimate of drug-likeness (QED) is 0.262. The lowest BCUT2D eigenvalue weighted by atomic mass is 10.0. The number of rotatable bonds is 12. The highest BCUT2D eigenvalue weighted by Crippen LogP contribution is 2.17. The zero-order valence-corrected chi connectivity index (χ0v) is 20.2. The van der Waals surface area contributed by atoms with E-state index in [0.717, 1.165) is 21.2 Å². The summed E-state index contributed by atoms with van der Waals surface area (Å²) in [5.41, 5.74) is 0.725. The number of carboxylic acids is 1. The number of esters is 1. The number of carboxylic acid groups (broad SMARTS) is 1. The number of fused-ring (bicyclic) bond motifs is 1. The topological polar surface area (TPSA) is 145 Å². The Hall–Kier alpha value is -3.66. The van der Waals surface area contributed by atoms with Crippen molar-refractivity contribution in [1.82, 2.24) is 15.5 Å². The highest BCUT2D eigenvalue weighted by Gasteiger charge is 2.33.